The number of sulfonamides is 1. The maximum absolute atomic E-state index is 13.3. The van der Waals surface area contributed by atoms with E-state index in [-0.39, 0.29) is 28.9 Å². The molecule has 0 aliphatic carbocycles. The third-order valence-electron chi connectivity index (χ3n) is 4.08. The molecule has 0 saturated heterocycles. The molecule has 0 spiro atoms. The van der Waals surface area contributed by atoms with E-state index in [1.54, 1.807) is 6.92 Å². The normalized spacial score (nSPS) is 11.8. The van der Waals surface area contributed by atoms with Gasteiger partial charge in [-0.1, -0.05) is 29.3 Å². The Morgan fingerprint density at radius 3 is 2.29 bits per heavy atom. The number of alkyl halides is 3. The van der Waals surface area contributed by atoms with Crippen LogP contribution in [0, 0.1) is 0 Å². The Bertz CT molecular complexity index is 1010. The van der Waals surface area contributed by atoms with Gasteiger partial charge in [-0.15, -0.1) is 13.2 Å². The molecular weight excluding hydrogens is 503 g/mol. The van der Waals surface area contributed by atoms with Crippen molar-refractivity contribution in [2.24, 2.45) is 0 Å². The largest absolute Gasteiger partial charge is 0.573 e. The Morgan fingerprint density at radius 1 is 1.10 bits per heavy atom. The van der Waals surface area contributed by atoms with Gasteiger partial charge in [0, 0.05) is 11.0 Å². The molecule has 0 bridgehead atoms. The summed E-state index contributed by atoms with van der Waals surface area (Å²) in [5.74, 6) is -1.41. The van der Waals surface area contributed by atoms with Crippen LogP contribution in [0.2, 0.25) is 0 Å². The van der Waals surface area contributed by atoms with E-state index < -0.39 is 33.0 Å². The van der Waals surface area contributed by atoms with E-state index in [1.807, 2.05) is 6.92 Å². The zero-order valence-electron chi connectivity index (χ0n) is 16.8. The molecule has 0 N–H and O–H groups in total. The van der Waals surface area contributed by atoms with Crippen LogP contribution in [0.5, 0.6) is 5.75 Å². The Kier molecular flexibility index (Phi) is 8.35. The molecule has 11 heteroatoms. The Morgan fingerprint density at radius 2 is 1.74 bits per heavy atom. The fourth-order valence-electron chi connectivity index (χ4n) is 2.69. The molecule has 0 saturated carbocycles. The smallest absolute Gasteiger partial charge is 0.462 e. The highest BCUT2D eigenvalue weighted by Gasteiger charge is 2.36. The molecule has 0 unspecified atom stereocenters. The summed E-state index contributed by atoms with van der Waals surface area (Å²) < 4.78 is 75.4. The van der Waals surface area contributed by atoms with Crippen LogP contribution >= 0.6 is 15.9 Å². The SMILES string of the molecule is CCCCN(c1ccc(C(=O)OCC)cc1)S(=O)(=O)c1ccc(Br)cc1OC(F)(F)F. The molecule has 0 fully saturated rings. The summed E-state index contributed by atoms with van der Waals surface area (Å²) in [5, 5.41) is 0. The third-order valence-corrected chi connectivity index (χ3v) is 6.44. The van der Waals surface area contributed by atoms with E-state index in [0.717, 1.165) is 16.4 Å². The fourth-order valence-corrected chi connectivity index (χ4v) is 4.63. The summed E-state index contributed by atoms with van der Waals surface area (Å²) in [4.78, 5) is 11.2. The van der Waals surface area contributed by atoms with Crippen LogP contribution in [0.15, 0.2) is 51.8 Å². The molecule has 0 aromatic heterocycles. The second kappa shape index (κ2) is 10.4. The van der Waals surface area contributed by atoms with Gasteiger partial charge in [-0.05, 0) is 55.8 Å². The molecule has 2 aromatic rings. The van der Waals surface area contributed by atoms with Crippen molar-refractivity contribution >= 4 is 37.6 Å². The Labute approximate surface area is 187 Å². The molecule has 0 amide bonds. The number of esters is 1. The summed E-state index contributed by atoms with van der Waals surface area (Å²) in [7, 11) is -4.42. The molecule has 0 aliphatic heterocycles. The minimum atomic E-state index is -5.07. The minimum absolute atomic E-state index is 0.0269. The van der Waals surface area contributed by atoms with Crippen molar-refractivity contribution in [3.05, 3.63) is 52.5 Å². The summed E-state index contributed by atoms with van der Waals surface area (Å²) in [6.07, 6.45) is -3.95. The van der Waals surface area contributed by atoms with Gasteiger partial charge in [0.2, 0.25) is 0 Å². The monoisotopic (exact) mass is 523 g/mol. The molecule has 0 radical (unpaired) electrons. The van der Waals surface area contributed by atoms with Crippen LogP contribution in [-0.2, 0) is 14.8 Å². The maximum atomic E-state index is 13.3. The van der Waals surface area contributed by atoms with Crippen LogP contribution in [0.1, 0.15) is 37.0 Å². The average molecular weight is 524 g/mol. The van der Waals surface area contributed by atoms with Crippen LogP contribution in [0.25, 0.3) is 0 Å². The third kappa shape index (κ3) is 6.60. The fraction of sp³-hybridized carbons (Fsp3) is 0.350. The van der Waals surface area contributed by atoms with E-state index in [2.05, 4.69) is 20.7 Å². The molecule has 0 aliphatic rings. The van der Waals surface area contributed by atoms with Crippen LogP contribution < -0.4 is 9.04 Å². The highest BCUT2D eigenvalue weighted by Crippen LogP contribution is 2.35. The van der Waals surface area contributed by atoms with Gasteiger partial charge in [-0.25, -0.2) is 13.2 Å². The highest BCUT2D eigenvalue weighted by molar-refractivity contribution is 9.10. The van der Waals surface area contributed by atoms with Crippen molar-refractivity contribution < 1.29 is 35.9 Å². The second-order valence-electron chi connectivity index (χ2n) is 6.34. The number of benzene rings is 2. The van der Waals surface area contributed by atoms with Crippen molar-refractivity contribution in [3.63, 3.8) is 0 Å². The quantitative estimate of drug-likeness (QED) is 0.404. The summed E-state index contributed by atoms with van der Waals surface area (Å²) in [5.41, 5.74) is 0.422. The number of carbonyl (C=O) groups excluding carboxylic acids is 1. The van der Waals surface area contributed by atoms with Crippen molar-refractivity contribution in [3.8, 4) is 5.75 Å². The van der Waals surface area contributed by atoms with E-state index in [4.69, 9.17) is 4.74 Å². The first-order valence-electron chi connectivity index (χ1n) is 9.34. The lowest BCUT2D eigenvalue weighted by Crippen LogP contribution is -2.33. The summed E-state index contributed by atoms with van der Waals surface area (Å²) >= 11 is 3.03. The molecule has 31 heavy (non-hydrogen) atoms. The first-order valence-corrected chi connectivity index (χ1v) is 11.6. The highest BCUT2D eigenvalue weighted by atomic mass is 79.9. The van der Waals surface area contributed by atoms with Gasteiger partial charge < -0.3 is 9.47 Å². The van der Waals surface area contributed by atoms with Crippen molar-refractivity contribution in [1.82, 2.24) is 0 Å². The van der Waals surface area contributed by atoms with Crippen molar-refractivity contribution in [1.29, 1.82) is 0 Å². The number of halogens is 4. The zero-order chi connectivity index (χ0) is 23.2. The van der Waals surface area contributed by atoms with E-state index in [9.17, 15) is 26.4 Å². The lowest BCUT2D eigenvalue weighted by molar-refractivity contribution is -0.275. The molecule has 0 atom stereocenters. The molecule has 2 aromatic carbocycles. The standard InChI is InChI=1S/C20H21BrF3NO5S/c1-3-5-12-25(16-9-6-14(7-10-16)19(26)29-4-2)31(27,28)18-11-8-15(21)13-17(18)30-20(22,23)24/h6-11,13H,3-5,12H2,1-2H3. The molecule has 0 heterocycles. The second-order valence-corrected chi connectivity index (χ2v) is 9.08. The first kappa shape index (κ1) is 25.0. The summed E-state index contributed by atoms with van der Waals surface area (Å²) in [6, 6.07) is 8.92. The number of rotatable bonds is 9. The number of hydrogen-bond donors (Lipinski definition) is 0. The average Bonchev–Trinajstić information content (AvgIpc) is 2.67. The number of anilines is 1. The van der Waals surface area contributed by atoms with Gasteiger partial charge in [-0.3, -0.25) is 4.31 Å². The van der Waals surface area contributed by atoms with Crippen molar-refractivity contribution in [2.45, 2.75) is 37.9 Å². The lowest BCUT2D eigenvalue weighted by atomic mass is 10.2. The number of ether oxygens (including phenoxy) is 2. The van der Waals surface area contributed by atoms with Crippen LogP contribution in [0.4, 0.5) is 18.9 Å². The van der Waals surface area contributed by atoms with Gasteiger partial charge in [0.05, 0.1) is 17.9 Å². The molecular formula is C20H21BrF3NO5S. The van der Waals surface area contributed by atoms with Gasteiger partial charge in [0.1, 0.15) is 4.90 Å². The number of carbonyl (C=O) groups is 1. The van der Waals surface area contributed by atoms with E-state index in [1.165, 1.54) is 30.3 Å². The van der Waals surface area contributed by atoms with Crippen LogP contribution in [0.3, 0.4) is 0 Å². The Hall–Kier alpha value is -2.27. The molecule has 6 nitrogen and oxygen atoms in total. The Balaban J connectivity index is 2.52. The minimum Gasteiger partial charge on any atom is -0.462 e. The molecule has 2 rings (SSSR count). The number of hydrogen-bond acceptors (Lipinski definition) is 5. The van der Waals surface area contributed by atoms with Gasteiger partial charge in [0.15, 0.2) is 5.75 Å². The maximum Gasteiger partial charge on any atom is 0.573 e. The van der Waals surface area contributed by atoms with Crippen molar-refractivity contribution in [2.75, 3.05) is 17.5 Å². The van der Waals surface area contributed by atoms with E-state index in [0.29, 0.717) is 12.8 Å². The summed E-state index contributed by atoms with van der Waals surface area (Å²) in [6.45, 7) is 3.72. The topological polar surface area (TPSA) is 72.9 Å². The zero-order valence-corrected chi connectivity index (χ0v) is 19.2. The van der Waals surface area contributed by atoms with Gasteiger partial charge in [0.25, 0.3) is 10.0 Å². The van der Waals surface area contributed by atoms with E-state index >= 15 is 0 Å². The van der Waals surface area contributed by atoms with Gasteiger partial charge >= 0.3 is 12.3 Å². The molecule has 170 valence electrons. The predicted molar refractivity (Wildman–Crippen MR) is 113 cm³/mol. The van der Waals surface area contributed by atoms with Gasteiger partial charge in [-0.2, -0.15) is 0 Å². The van der Waals surface area contributed by atoms with Crippen LogP contribution in [-0.4, -0.2) is 33.9 Å². The first-order chi connectivity index (χ1) is 14.5. The number of nitrogens with zero attached hydrogens (tertiary/aromatic N) is 1. The lowest BCUT2D eigenvalue weighted by Gasteiger charge is -2.26. The number of unbranched alkanes of at least 4 members (excludes halogenated alkanes) is 1. The predicted octanol–water partition coefficient (Wildman–Crippen LogP) is 5.52.